The normalized spacial score (nSPS) is 20.4. The van der Waals surface area contributed by atoms with Crippen molar-refractivity contribution in [3.8, 4) is 0 Å². The maximum absolute atomic E-state index is 7.79. The van der Waals surface area contributed by atoms with Gasteiger partial charge in [-0.05, 0) is 19.3 Å². The van der Waals surface area contributed by atoms with Crippen molar-refractivity contribution in [2.45, 2.75) is 51.9 Å². The summed E-state index contributed by atoms with van der Waals surface area (Å²) in [6, 6.07) is 0. The van der Waals surface area contributed by atoms with Gasteiger partial charge >= 0.3 is 0 Å². The lowest BCUT2D eigenvalue weighted by atomic mass is 9.99. The zero-order valence-corrected chi connectivity index (χ0v) is 8.55. The lowest BCUT2D eigenvalue weighted by molar-refractivity contribution is 0.585. The van der Waals surface area contributed by atoms with Crippen LogP contribution in [0.3, 0.4) is 0 Å². The van der Waals surface area contributed by atoms with Crippen LogP contribution in [-0.4, -0.2) is 12.1 Å². The summed E-state index contributed by atoms with van der Waals surface area (Å²) in [6.45, 7) is 2.06. The Labute approximate surface area is 81.0 Å². The monoisotopic (exact) mass is 180 g/mol. The van der Waals surface area contributed by atoms with Crippen LogP contribution in [0.5, 0.6) is 0 Å². The molecule has 13 heavy (non-hydrogen) atoms. The highest BCUT2D eigenvalue weighted by Gasteiger charge is 2.15. The van der Waals surface area contributed by atoms with Crippen LogP contribution in [0.25, 0.3) is 0 Å². The highest BCUT2D eigenvalue weighted by Crippen LogP contribution is 2.23. The third-order valence-corrected chi connectivity index (χ3v) is 2.65. The minimum Gasteiger partial charge on any atom is -0.286 e. The molecule has 0 unspecified atom stereocenters. The van der Waals surface area contributed by atoms with Crippen LogP contribution in [0, 0.1) is 11.3 Å². The van der Waals surface area contributed by atoms with Crippen molar-refractivity contribution < 1.29 is 0 Å². The Kier molecular flexibility index (Phi) is 4.73. The van der Waals surface area contributed by atoms with E-state index in [1.807, 2.05) is 6.21 Å². The number of nitrogens with zero attached hydrogens (tertiary/aromatic N) is 1. The number of aliphatic imine (C=N–C) groups is 1. The first-order valence-electron chi connectivity index (χ1n) is 5.45. The van der Waals surface area contributed by atoms with Crippen LogP contribution < -0.4 is 0 Å². The Bertz CT molecular complexity index is 177. The molecule has 0 radical (unpaired) electrons. The van der Waals surface area contributed by atoms with Crippen LogP contribution >= 0.6 is 0 Å². The first kappa shape index (κ1) is 10.4. The van der Waals surface area contributed by atoms with E-state index in [0.717, 1.165) is 6.42 Å². The number of nitrogens with one attached hydrogen (secondary N) is 1. The topological polar surface area (TPSA) is 36.2 Å². The molecule has 1 fully saturated rings. The second-order valence-electron chi connectivity index (χ2n) is 3.79. The van der Waals surface area contributed by atoms with Gasteiger partial charge in [0.2, 0.25) is 0 Å². The molecule has 74 valence electrons. The van der Waals surface area contributed by atoms with Gasteiger partial charge in [0.25, 0.3) is 0 Å². The molecular formula is C11H20N2. The predicted octanol–water partition coefficient (Wildman–Crippen LogP) is 3.41. The molecule has 0 saturated heterocycles. The molecule has 1 N–H and O–H groups in total. The summed E-state index contributed by atoms with van der Waals surface area (Å²) < 4.78 is 0. The van der Waals surface area contributed by atoms with E-state index in [4.69, 9.17) is 5.41 Å². The van der Waals surface area contributed by atoms with Crippen molar-refractivity contribution >= 4 is 12.1 Å². The fourth-order valence-electron chi connectivity index (χ4n) is 1.85. The van der Waals surface area contributed by atoms with Crippen LogP contribution in [-0.2, 0) is 0 Å². The van der Waals surface area contributed by atoms with E-state index in [1.54, 1.807) is 0 Å². The first-order valence-corrected chi connectivity index (χ1v) is 5.45. The second kappa shape index (κ2) is 5.90. The lowest BCUT2D eigenvalue weighted by Crippen LogP contribution is -2.10. The molecule has 1 saturated carbocycles. The van der Waals surface area contributed by atoms with Gasteiger partial charge in [-0.15, -0.1) is 0 Å². The van der Waals surface area contributed by atoms with Gasteiger partial charge in [-0.3, -0.25) is 5.41 Å². The number of rotatable bonds is 2. The Morgan fingerprint density at radius 1 is 1.31 bits per heavy atom. The molecule has 0 amide bonds. The summed E-state index contributed by atoms with van der Waals surface area (Å²) in [5, 5.41) is 7.79. The van der Waals surface area contributed by atoms with Gasteiger partial charge in [0.15, 0.2) is 0 Å². The van der Waals surface area contributed by atoms with Crippen molar-refractivity contribution in [1.82, 2.24) is 0 Å². The van der Waals surface area contributed by atoms with Crippen molar-refractivity contribution in [1.29, 1.82) is 5.41 Å². The molecule has 0 aromatic carbocycles. The van der Waals surface area contributed by atoms with Crippen LogP contribution in [0.15, 0.2) is 4.99 Å². The second-order valence-corrected chi connectivity index (χ2v) is 3.79. The van der Waals surface area contributed by atoms with Gasteiger partial charge in [-0.2, -0.15) is 0 Å². The number of hydrogen-bond donors (Lipinski definition) is 1. The van der Waals surface area contributed by atoms with Crippen LogP contribution in [0.2, 0.25) is 0 Å². The fraction of sp³-hybridized carbons (Fsp3) is 0.818. The van der Waals surface area contributed by atoms with Gasteiger partial charge in [-0.25, -0.2) is 4.99 Å². The molecule has 2 heteroatoms. The standard InChI is InChI=1S/C11H20N2/c1-2-9-13-11(12)10-7-5-3-4-6-8-10/h9-10,12H,2-8H2,1H3. The third kappa shape index (κ3) is 3.71. The van der Waals surface area contributed by atoms with Gasteiger partial charge in [0, 0.05) is 12.1 Å². The number of hydrogen-bond acceptors (Lipinski definition) is 1. The van der Waals surface area contributed by atoms with Crippen LogP contribution in [0.1, 0.15) is 51.9 Å². The van der Waals surface area contributed by atoms with Gasteiger partial charge in [0.1, 0.15) is 5.84 Å². The van der Waals surface area contributed by atoms with E-state index < -0.39 is 0 Å². The molecule has 0 aliphatic heterocycles. The Morgan fingerprint density at radius 3 is 2.46 bits per heavy atom. The van der Waals surface area contributed by atoms with E-state index in [2.05, 4.69) is 11.9 Å². The summed E-state index contributed by atoms with van der Waals surface area (Å²) in [5.41, 5.74) is 0. The third-order valence-electron chi connectivity index (χ3n) is 2.65. The summed E-state index contributed by atoms with van der Waals surface area (Å²) in [6.07, 6.45) is 10.4. The highest BCUT2D eigenvalue weighted by atomic mass is 14.8. The molecule has 0 atom stereocenters. The smallest absolute Gasteiger partial charge is 0.123 e. The van der Waals surface area contributed by atoms with E-state index in [9.17, 15) is 0 Å². The maximum Gasteiger partial charge on any atom is 0.123 e. The molecule has 0 heterocycles. The van der Waals surface area contributed by atoms with E-state index >= 15 is 0 Å². The van der Waals surface area contributed by atoms with Gasteiger partial charge in [0.05, 0.1) is 0 Å². The zero-order chi connectivity index (χ0) is 9.52. The molecule has 0 bridgehead atoms. The quantitative estimate of drug-likeness (QED) is 0.384. The fourth-order valence-corrected chi connectivity index (χ4v) is 1.85. The van der Waals surface area contributed by atoms with Gasteiger partial charge in [-0.1, -0.05) is 32.6 Å². The largest absolute Gasteiger partial charge is 0.286 e. The first-order chi connectivity index (χ1) is 6.34. The molecule has 2 nitrogen and oxygen atoms in total. The Balaban J connectivity index is 2.39. The Morgan fingerprint density at radius 2 is 1.92 bits per heavy atom. The molecule has 0 aromatic heterocycles. The van der Waals surface area contributed by atoms with Crippen molar-refractivity contribution in [2.75, 3.05) is 0 Å². The van der Waals surface area contributed by atoms with Crippen molar-refractivity contribution in [3.05, 3.63) is 0 Å². The summed E-state index contributed by atoms with van der Waals surface area (Å²) in [4.78, 5) is 4.17. The molecular weight excluding hydrogens is 160 g/mol. The number of amidine groups is 1. The van der Waals surface area contributed by atoms with Gasteiger partial charge < -0.3 is 0 Å². The minimum atomic E-state index is 0.449. The van der Waals surface area contributed by atoms with E-state index in [0.29, 0.717) is 11.8 Å². The predicted molar refractivity (Wildman–Crippen MR) is 57.7 cm³/mol. The maximum atomic E-state index is 7.79. The molecule has 0 spiro atoms. The summed E-state index contributed by atoms with van der Waals surface area (Å²) in [5.74, 6) is 1.06. The SMILES string of the molecule is CCC=NC(=N)C1CCCCCC1. The summed E-state index contributed by atoms with van der Waals surface area (Å²) >= 11 is 0. The zero-order valence-electron chi connectivity index (χ0n) is 8.55. The molecule has 1 aliphatic rings. The Hall–Kier alpha value is -0.660. The molecule has 0 aromatic rings. The van der Waals surface area contributed by atoms with Crippen molar-refractivity contribution in [3.63, 3.8) is 0 Å². The van der Waals surface area contributed by atoms with Crippen LogP contribution in [0.4, 0.5) is 0 Å². The molecule has 1 rings (SSSR count). The summed E-state index contributed by atoms with van der Waals surface area (Å²) in [7, 11) is 0. The van der Waals surface area contributed by atoms with E-state index in [1.165, 1.54) is 38.5 Å². The van der Waals surface area contributed by atoms with E-state index in [-0.39, 0.29) is 0 Å². The van der Waals surface area contributed by atoms with Crippen molar-refractivity contribution in [2.24, 2.45) is 10.9 Å². The average Bonchev–Trinajstić information content (AvgIpc) is 2.42. The average molecular weight is 180 g/mol. The molecule has 1 aliphatic carbocycles. The minimum absolute atomic E-state index is 0.449. The highest BCUT2D eigenvalue weighted by molar-refractivity contribution is 5.88. The lowest BCUT2D eigenvalue weighted by Gasteiger charge is -2.10.